The minimum Gasteiger partial charge on any atom is -0.353 e. The molecule has 0 aliphatic carbocycles. The van der Waals surface area contributed by atoms with Crippen LogP contribution in [-0.2, 0) is 9.47 Å². The highest BCUT2D eigenvalue weighted by molar-refractivity contribution is 4.58. The van der Waals surface area contributed by atoms with Crippen molar-refractivity contribution in [2.45, 2.75) is 58.3 Å². The molecule has 0 aromatic carbocycles. The van der Waals surface area contributed by atoms with Gasteiger partial charge in [0.15, 0.2) is 6.29 Å². The summed E-state index contributed by atoms with van der Waals surface area (Å²) in [5, 5.41) is 0. The second-order valence-electron chi connectivity index (χ2n) is 3.37. The van der Waals surface area contributed by atoms with Crippen molar-refractivity contribution in [3.05, 3.63) is 0 Å². The van der Waals surface area contributed by atoms with Gasteiger partial charge in [-0.15, -0.1) is 0 Å². The molecule has 0 amide bonds. The molecule has 1 unspecified atom stereocenters. The van der Waals surface area contributed by atoms with Crippen molar-refractivity contribution in [3.8, 4) is 0 Å². The van der Waals surface area contributed by atoms with Crippen molar-refractivity contribution in [1.29, 1.82) is 0 Å². The Kier molecular flexibility index (Phi) is 4.62. The molecule has 0 aromatic heterocycles. The monoisotopic (exact) mass is 172 g/mol. The van der Waals surface area contributed by atoms with Crippen molar-refractivity contribution in [2.24, 2.45) is 0 Å². The highest BCUT2D eigenvalue weighted by Gasteiger charge is 2.17. The summed E-state index contributed by atoms with van der Waals surface area (Å²) < 4.78 is 11.3. The molecule has 72 valence electrons. The van der Waals surface area contributed by atoms with E-state index in [1.165, 1.54) is 12.8 Å². The zero-order valence-corrected chi connectivity index (χ0v) is 8.21. The van der Waals surface area contributed by atoms with Crippen molar-refractivity contribution >= 4 is 0 Å². The summed E-state index contributed by atoms with van der Waals surface area (Å²) in [4.78, 5) is 0. The third-order valence-corrected chi connectivity index (χ3v) is 2.39. The van der Waals surface area contributed by atoms with Crippen LogP contribution in [0.5, 0.6) is 0 Å². The maximum absolute atomic E-state index is 5.77. The van der Waals surface area contributed by atoms with Crippen LogP contribution >= 0.6 is 0 Å². The van der Waals surface area contributed by atoms with E-state index < -0.39 is 0 Å². The van der Waals surface area contributed by atoms with Gasteiger partial charge in [-0.1, -0.05) is 13.8 Å². The lowest BCUT2D eigenvalue weighted by Crippen LogP contribution is -2.27. The molecule has 0 radical (unpaired) electrons. The Labute approximate surface area is 75.2 Å². The van der Waals surface area contributed by atoms with Gasteiger partial charge in [-0.3, -0.25) is 0 Å². The standard InChI is InChI=1S/C10H20O2/c1-3-9(4-2)12-10-7-5-6-8-11-10/h9-10H,3-8H2,1-2H3. The topological polar surface area (TPSA) is 18.5 Å². The first-order valence-corrected chi connectivity index (χ1v) is 5.13. The van der Waals surface area contributed by atoms with Crippen LogP contribution < -0.4 is 0 Å². The molecule has 12 heavy (non-hydrogen) atoms. The highest BCUT2D eigenvalue weighted by Crippen LogP contribution is 2.17. The molecule has 0 bridgehead atoms. The van der Waals surface area contributed by atoms with Crippen LogP contribution in [0, 0.1) is 0 Å². The van der Waals surface area contributed by atoms with Crippen molar-refractivity contribution in [2.75, 3.05) is 6.61 Å². The molecule has 1 fully saturated rings. The Morgan fingerprint density at radius 1 is 1.33 bits per heavy atom. The van der Waals surface area contributed by atoms with Gasteiger partial charge >= 0.3 is 0 Å². The van der Waals surface area contributed by atoms with Gasteiger partial charge < -0.3 is 9.47 Å². The smallest absolute Gasteiger partial charge is 0.157 e. The first kappa shape index (κ1) is 10.0. The fourth-order valence-corrected chi connectivity index (χ4v) is 1.51. The van der Waals surface area contributed by atoms with E-state index in [1.54, 1.807) is 0 Å². The molecule has 1 aliphatic rings. The number of ether oxygens (including phenoxy) is 2. The summed E-state index contributed by atoms with van der Waals surface area (Å²) in [6.45, 7) is 5.21. The molecule has 0 aromatic rings. The molecule has 1 atom stereocenters. The normalized spacial score (nSPS) is 24.8. The Balaban J connectivity index is 2.18. The summed E-state index contributed by atoms with van der Waals surface area (Å²) in [5.41, 5.74) is 0. The van der Waals surface area contributed by atoms with E-state index in [1.807, 2.05) is 0 Å². The predicted octanol–water partition coefficient (Wildman–Crippen LogP) is 2.72. The second kappa shape index (κ2) is 5.55. The third kappa shape index (κ3) is 3.11. The summed E-state index contributed by atoms with van der Waals surface area (Å²) in [6.07, 6.45) is 6.20. The van der Waals surface area contributed by atoms with Crippen LogP contribution in [0.3, 0.4) is 0 Å². The van der Waals surface area contributed by atoms with E-state index in [0.29, 0.717) is 6.10 Å². The summed E-state index contributed by atoms with van der Waals surface area (Å²) in [7, 11) is 0. The van der Waals surface area contributed by atoms with E-state index >= 15 is 0 Å². The van der Waals surface area contributed by atoms with E-state index in [2.05, 4.69) is 13.8 Å². The van der Waals surface area contributed by atoms with Crippen LogP contribution in [0.1, 0.15) is 46.0 Å². The lowest BCUT2D eigenvalue weighted by molar-refractivity contribution is -0.188. The van der Waals surface area contributed by atoms with Gasteiger partial charge in [0.25, 0.3) is 0 Å². The molecule has 1 rings (SSSR count). The van der Waals surface area contributed by atoms with Crippen molar-refractivity contribution in [1.82, 2.24) is 0 Å². The fourth-order valence-electron chi connectivity index (χ4n) is 1.51. The molecule has 2 heteroatoms. The van der Waals surface area contributed by atoms with Gasteiger partial charge in [0.1, 0.15) is 0 Å². The average molecular weight is 172 g/mol. The summed E-state index contributed by atoms with van der Waals surface area (Å²) >= 11 is 0. The molecule has 0 spiro atoms. The van der Waals surface area contributed by atoms with Gasteiger partial charge in [0.2, 0.25) is 0 Å². The third-order valence-electron chi connectivity index (χ3n) is 2.39. The van der Waals surface area contributed by atoms with E-state index in [9.17, 15) is 0 Å². The zero-order chi connectivity index (χ0) is 8.81. The summed E-state index contributed by atoms with van der Waals surface area (Å²) in [5.74, 6) is 0. The van der Waals surface area contributed by atoms with Crippen LogP contribution in [0.4, 0.5) is 0 Å². The molecule has 2 nitrogen and oxygen atoms in total. The molecule has 1 saturated heterocycles. The summed E-state index contributed by atoms with van der Waals surface area (Å²) in [6, 6.07) is 0. The number of rotatable bonds is 4. The fraction of sp³-hybridized carbons (Fsp3) is 1.00. The number of hydrogen-bond donors (Lipinski definition) is 0. The van der Waals surface area contributed by atoms with Crippen LogP contribution in [0.15, 0.2) is 0 Å². The van der Waals surface area contributed by atoms with Crippen LogP contribution in [0.2, 0.25) is 0 Å². The van der Waals surface area contributed by atoms with Gasteiger partial charge in [0.05, 0.1) is 6.10 Å². The van der Waals surface area contributed by atoms with Gasteiger partial charge in [-0.2, -0.15) is 0 Å². The minimum atomic E-state index is 0.0867. The predicted molar refractivity (Wildman–Crippen MR) is 49.0 cm³/mol. The van der Waals surface area contributed by atoms with E-state index in [-0.39, 0.29) is 6.29 Å². The van der Waals surface area contributed by atoms with Gasteiger partial charge in [0, 0.05) is 6.61 Å². The van der Waals surface area contributed by atoms with Crippen LogP contribution in [0.25, 0.3) is 0 Å². The Bertz CT molecular complexity index is 104. The molecule has 0 saturated carbocycles. The largest absolute Gasteiger partial charge is 0.353 e. The van der Waals surface area contributed by atoms with Gasteiger partial charge in [-0.25, -0.2) is 0 Å². The van der Waals surface area contributed by atoms with Crippen molar-refractivity contribution < 1.29 is 9.47 Å². The minimum absolute atomic E-state index is 0.0867. The first-order chi connectivity index (χ1) is 5.86. The lowest BCUT2D eigenvalue weighted by Gasteiger charge is -2.26. The Morgan fingerprint density at radius 2 is 2.08 bits per heavy atom. The Hall–Kier alpha value is -0.0800. The molecule has 0 N–H and O–H groups in total. The molecular weight excluding hydrogens is 152 g/mol. The zero-order valence-electron chi connectivity index (χ0n) is 8.21. The first-order valence-electron chi connectivity index (χ1n) is 5.13. The lowest BCUT2D eigenvalue weighted by atomic mass is 10.2. The quantitative estimate of drug-likeness (QED) is 0.649. The van der Waals surface area contributed by atoms with Gasteiger partial charge in [-0.05, 0) is 32.1 Å². The highest BCUT2D eigenvalue weighted by atomic mass is 16.7. The van der Waals surface area contributed by atoms with Crippen LogP contribution in [-0.4, -0.2) is 19.0 Å². The SMILES string of the molecule is CCC(CC)OC1CCCCO1. The second-order valence-corrected chi connectivity index (χ2v) is 3.37. The maximum Gasteiger partial charge on any atom is 0.157 e. The molecule has 1 aliphatic heterocycles. The average Bonchev–Trinajstić information content (AvgIpc) is 2.16. The van der Waals surface area contributed by atoms with E-state index in [4.69, 9.17) is 9.47 Å². The van der Waals surface area contributed by atoms with E-state index in [0.717, 1.165) is 25.9 Å². The number of hydrogen-bond acceptors (Lipinski definition) is 2. The Morgan fingerprint density at radius 3 is 2.58 bits per heavy atom. The molecular formula is C10H20O2. The molecule has 1 heterocycles. The maximum atomic E-state index is 5.77. The van der Waals surface area contributed by atoms with Crippen molar-refractivity contribution in [3.63, 3.8) is 0 Å².